The Morgan fingerprint density at radius 1 is 1.43 bits per heavy atom. The molecule has 0 heterocycles. The molecule has 0 unspecified atom stereocenters. The van der Waals surface area contributed by atoms with Gasteiger partial charge in [0.1, 0.15) is 5.75 Å². The highest BCUT2D eigenvalue weighted by molar-refractivity contribution is 9.10. The molecular formula is C10H14BrNO2. The van der Waals surface area contributed by atoms with Crippen LogP contribution in [0.2, 0.25) is 0 Å². The fourth-order valence-corrected chi connectivity index (χ4v) is 1.91. The van der Waals surface area contributed by atoms with E-state index in [2.05, 4.69) is 15.9 Å². The number of nitrogens with zero attached hydrogens (tertiary/aromatic N) is 1. The Labute approximate surface area is 92.1 Å². The Hall–Kier alpha value is -0.580. The van der Waals surface area contributed by atoms with E-state index in [4.69, 9.17) is 5.21 Å². The van der Waals surface area contributed by atoms with Crippen molar-refractivity contribution >= 4 is 15.9 Å². The lowest BCUT2D eigenvalue weighted by molar-refractivity contribution is -0.0733. The highest BCUT2D eigenvalue weighted by Gasteiger charge is 2.10. The van der Waals surface area contributed by atoms with Gasteiger partial charge in [0.25, 0.3) is 0 Å². The first kappa shape index (κ1) is 11.5. The topological polar surface area (TPSA) is 43.7 Å². The molecule has 1 aromatic carbocycles. The average molecular weight is 260 g/mol. The lowest BCUT2D eigenvalue weighted by Gasteiger charge is -2.14. The van der Waals surface area contributed by atoms with Crippen molar-refractivity contribution in [1.29, 1.82) is 0 Å². The van der Waals surface area contributed by atoms with Crippen LogP contribution < -0.4 is 0 Å². The van der Waals surface area contributed by atoms with Crippen molar-refractivity contribution in [3.8, 4) is 5.75 Å². The molecule has 1 rings (SSSR count). The van der Waals surface area contributed by atoms with E-state index in [0.717, 1.165) is 21.8 Å². The smallest absolute Gasteiger partial charge is 0.132 e. The SMILES string of the molecule is Cc1cc(CN(C)O)c(C)c(Br)c1O. The summed E-state index contributed by atoms with van der Waals surface area (Å²) >= 11 is 3.32. The second kappa shape index (κ2) is 4.29. The molecule has 0 spiro atoms. The first-order chi connectivity index (χ1) is 6.43. The van der Waals surface area contributed by atoms with E-state index < -0.39 is 0 Å². The van der Waals surface area contributed by atoms with Crippen molar-refractivity contribution in [3.63, 3.8) is 0 Å². The first-order valence-electron chi connectivity index (χ1n) is 4.31. The van der Waals surface area contributed by atoms with Gasteiger partial charge in [-0.25, -0.2) is 0 Å². The molecule has 0 radical (unpaired) electrons. The minimum atomic E-state index is 0.270. The molecule has 78 valence electrons. The minimum absolute atomic E-state index is 0.270. The van der Waals surface area contributed by atoms with Gasteiger partial charge < -0.3 is 10.3 Å². The molecule has 1 aromatic rings. The van der Waals surface area contributed by atoms with Gasteiger partial charge in [0.15, 0.2) is 0 Å². The number of hydroxylamine groups is 2. The molecule has 2 N–H and O–H groups in total. The van der Waals surface area contributed by atoms with Crippen molar-refractivity contribution in [2.45, 2.75) is 20.4 Å². The van der Waals surface area contributed by atoms with Gasteiger partial charge in [-0.2, -0.15) is 5.06 Å². The summed E-state index contributed by atoms with van der Waals surface area (Å²) in [6.07, 6.45) is 0. The van der Waals surface area contributed by atoms with Crippen LogP contribution in [0.4, 0.5) is 0 Å². The van der Waals surface area contributed by atoms with Gasteiger partial charge in [-0.05, 0) is 46.5 Å². The number of halogens is 1. The molecule has 0 bridgehead atoms. The molecule has 14 heavy (non-hydrogen) atoms. The lowest BCUT2D eigenvalue weighted by atomic mass is 10.0. The Kier molecular flexibility index (Phi) is 3.53. The van der Waals surface area contributed by atoms with E-state index in [0.29, 0.717) is 11.0 Å². The normalized spacial score (nSPS) is 11.0. The molecule has 0 aromatic heterocycles. The summed E-state index contributed by atoms with van der Waals surface area (Å²) in [5, 5.41) is 19.9. The van der Waals surface area contributed by atoms with Crippen molar-refractivity contribution in [1.82, 2.24) is 5.06 Å². The third-order valence-corrected chi connectivity index (χ3v) is 3.15. The van der Waals surface area contributed by atoms with E-state index >= 15 is 0 Å². The van der Waals surface area contributed by atoms with Crippen molar-refractivity contribution in [2.75, 3.05) is 7.05 Å². The number of aromatic hydroxyl groups is 1. The number of rotatable bonds is 2. The van der Waals surface area contributed by atoms with Gasteiger partial charge in [-0.3, -0.25) is 0 Å². The maximum atomic E-state index is 9.62. The lowest BCUT2D eigenvalue weighted by Crippen LogP contribution is -2.13. The van der Waals surface area contributed by atoms with Crippen LogP contribution in [0.3, 0.4) is 0 Å². The largest absolute Gasteiger partial charge is 0.506 e. The Morgan fingerprint density at radius 2 is 2.00 bits per heavy atom. The van der Waals surface area contributed by atoms with Crippen LogP contribution >= 0.6 is 15.9 Å². The van der Waals surface area contributed by atoms with E-state index in [9.17, 15) is 5.11 Å². The molecule has 0 amide bonds. The Morgan fingerprint density at radius 3 is 2.50 bits per heavy atom. The monoisotopic (exact) mass is 259 g/mol. The van der Waals surface area contributed by atoms with Gasteiger partial charge in [-0.1, -0.05) is 6.07 Å². The summed E-state index contributed by atoms with van der Waals surface area (Å²) in [6, 6.07) is 1.88. The van der Waals surface area contributed by atoms with Crippen LogP contribution in [0.15, 0.2) is 10.5 Å². The molecule has 0 saturated carbocycles. The molecule has 0 aliphatic rings. The number of hydrogen-bond donors (Lipinski definition) is 2. The number of benzene rings is 1. The zero-order valence-electron chi connectivity index (χ0n) is 8.50. The van der Waals surface area contributed by atoms with Gasteiger partial charge in [-0.15, -0.1) is 0 Å². The van der Waals surface area contributed by atoms with Gasteiger partial charge in [0.2, 0.25) is 0 Å². The molecule has 4 heteroatoms. The van der Waals surface area contributed by atoms with Crippen LogP contribution in [0.1, 0.15) is 16.7 Å². The Bertz CT molecular complexity index is 350. The molecule has 0 saturated heterocycles. The minimum Gasteiger partial charge on any atom is -0.506 e. The quantitative estimate of drug-likeness (QED) is 0.803. The summed E-state index contributed by atoms with van der Waals surface area (Å²) in [5.41, 5.74) is 2.76. The maximum Gasteiger partial charge on any atom is 0.132 e. The average Bonchev–Trinajstić information content (AvgIpc) is 2.10. The summed E-state index contributed by atoms with van der Waals surface area (Å²) in [6.45, 7) is 4.19. The van der Waals surface area contributed by atoms with Crippen LogP contribution in [0.5, 0.6) is 5.75 Å². The highest BCUT2D eigenvalue weighted by atomic mass is 79.9. The van der Waals surface area contributed by atoms with Crippen molar-refractivity contribution in [3.05, 3.63) is 27.2 Å². The highest BCUT2D eigenvalue weighted by Crippen LogP contribution is 2.33. The van der Waals surface area contributed by atoms with E-state index in [-0.39, 0.29) is 5.75 Å². The zero-order valence-corrected chi connectivity index (χ0v) is 10.1. The predicted octanol–water partition coefficient (Wildman–Crippen LogP) is 2.59. The van der Waals surface area contributed by atoms with Crippen LogP contribution in [0, 0.1) is 13.8 Å². The predicted molar refractivity (Wildman–Crippen MR) is 58.5 cm³/mol. The zero-order chi connectivity index (χ0) is 10.9. The second-order valence-corrected chi connectivity index (χ2v) is 4.25. The van der Waals surface area contributed by atoms with E-state index in [1.807, 2.05) is 19.9 Å². The summed E-state index contributed by atoms with van der Waals surface area (Å²) in [7, 11) is 1.59. The van der Waals surface area contributed by atoms with Crippen molar-refractivity contribution < 1.29 is 10.3 Å². The van der Waals surface area contributed by atoms with Gasteiger partial charge >= 0.3 is 0 Å². The van der Waals surface area contributed by atoms with Crippen LogP contribution in [-0.2, 0) is 6.54 Å². The number of phenols is 1. The van der Waals surface area contributed by atoms with E-state index in [1.54, 1.807) is 7.05 Å². The van der Waals surface area contributed by atoms with Crippen LogP contribution in [-0.4, -0.2) is 22.4 Å². The summed E-state index contributed by atoms with van der Waals surface area (Å²) < 4.78 is 0.703. The molecule has 0 aliphatic heterocycles. The molecule has 0 aliphatic carbocycles. The third kappa shape index (κ3) is 2.26. The summed E-state index contributed by atoms with van der Waals surface area (Å²) in [5.74, 6) is 0.270. The fraction of sp³-hybridized carbons (Fsp3) is 0.400. The number of aryl methyl sites for hydroxylation is 1. The van der Waals surface area contributed by atoms with Crippen LogP contribution in [0.25, 0.3) is 0 Å². The molecular weight excluding hydrogens is 246 g/mol. The standard InChI is InChI=1S/C10H14BrNO2/c1-6-4-8(5-12(3)14)7(2)9(11)10(6)13/h4,13-14H,5H2,1-3H3. The fourth-order valence-electron chi connectivity index (χ4n) is 1.34. The third-order valence-electron chi connectivity index (χ3n) is 2.18. The molecule has 0 atom stereocenters. The maximum absolute atomic E-state index is 9.62. The molecule has 0 fully saturated rings. The van der Waals surface area contributed by atoms with Gasteiger partial charge in [0, 0.05) is 13.6 Å². The molecule has 3 nitrogen and oxygen atoms in total. The number of hydrogen-bond acceptors (Lipinski definition) is 3. The first-order valence-corrected chi connectivity index (χ1v) is 5.10. The van der Waals surface area contributed by atoms with Crippen molar-refractivity contribution in [2.24, 2.45) is 0 Å². The Balaban J connectivity index is 3.19. The summed E-state index contributed by atoms with van der Waals surface area (Å²) in [4.78, 5) is 0. The number of phenolic OH excluding ortho intramolecular Hbond substituents is 1. The van der Waals surface area contributed by atoms with E-state index in [1.165, 1.54) is 0 Å². The second-order valence-electron chi connectivity index (χ2n) is 3.46. The van der Waals surface area contributed by atoms with Gasteiger partial charge in [0.05, 0.1) is 4.47 Å².